The molecule has 3 heterocycles. The maximum absolute atomic E-state index is 12.5. The third kappa shape index (κ3) is 3.60. The second kappa shape index (κ2) is 7.66. The molecule has 0 bridgehead atoms. The van der Waals surface area contributed by atoms with E-state index in [1.54, 1.807) is 12.4 Å². The number of carbonyl (C=O) groups is 1. The summed E-state index contributed by atoms with van der Waals surface area (Å²) in [4.78, 5) is 19.3. The van der Waals surface area contributed by atoms with E-state index < -0.39 is 0 Å². The van der Waals surface area contributed by atoms with Crippen LogP contribution in [0.5, 0.6) is 0 Å². The van der Waals surface area contributed by atoms with Crippen LogP contribution in [0.1, 0.15) is 11.1 Å². The lowest BCUT2D eigenvalue weighted by atomic mass is 10.0. The van der Waals surface area contributed by atoms with Gasteiger partial charge in [0.2, 0.25) is 0 Å². The molecule has 146 valence electrons. The van der Waals surface area contributed by atoms with Gasteiger partial charge < -0.3 is 15.4 Å². The topological polar surface area (TPSA) is 66.5 Å². The van der Waals surface area contributed by atoms with Gasteiger partial charge in [0, 0.05) is 54.4 Å². The van der Waals surface area contributed by atoms with Crippen LogP contribution < -0.4 is 10.6 Å². The summed E-state index contributed by atoms with van der Waals surface area (Å²) in [6.45, 7) is 4.49. The van der Waals surface area contributed by atoms with Crippen molar-refractivity contribution in [2.75, 3.05) is 36.9 Å². The fraction of sp³-hybridized carbons (Fsp3) is 0.217. The lowest BCUT2D eigenvalue weighted by molar-refractivity contribution is -0.110. The molecular weight excluding hydrogens is 364 g/mol. The van der Waals surface area contributed by atoms with Crippen LogP contribution in [0.4, 0.5) is 11.4 Å². The van der Waals surface area contributed by atoms with Crippen molar-refractivity contribution < 1.29 is 9.53 Å². The average Bonchev–Trinajstić information content (AvgIpc) is 3.09. The highest BCUT2D eigenvalue weighted by molar-refractivity contribution is 6.34. The van der Waals surface area contributed by atoms with Crippen LogP contribution in [0.3, 0.4) is 0 Å². The molecule has 6 heteroatoms. The Labute approximate surface area is 169 Å². The molecule has 2 N–H and O–H groups in total. The molecule has 2 aliphatic rings. The quantitative estimate of drug-likeness (QED) is 0.672. The molecule has 1 fully saturated rings. The molecule has 2 aromatic carbocycles. The summed E-state index contributed by atoms with van der Waals surface area (Å²) in [5, 5.41) is 7.19. The van der Waals surface area contributed by atoms with E-state index >= 15 is 0 Å². The van der Waals surface area contributed by atoms with Gasteiger partial charge in [0.25, 0.3) is 5.91 Å². The standard InChI is InChI=1S/C23H22N4O2/c28-23-19(22-18-2-1-9-24-20(18)7-8-21(22)26-23)14-25-17-5-3-16(4-6-17)15-27-10-12-29-13-11-27/h1-9,14,25H,10-13,15H2,(H,26,28)/b19-14-. The lowest BCUT2D eigenvalue weighted by Crippen LogP contribution is -2.35. The van der Waals surface area contributed by atoms with Gasteiger partial charge in [-0.05, 0) is 35.9 Å². The fourth-order valence-corrected chi connectivity index (χ4v) is 3.87. The number of hydrogen-bond acceptors (Lipinski definition) is 5. The molecule has 6 nitrogen and oxygen atoms in total. The first-order chi connectivity index (χ1) is 14.3. The van der Waals surface area contributed by atoms with Crippen LogP contribution in [-0.2, 0) is 16.1 Å². The van der Waals surface area contributed by atoms with E-state index in [-0.39, 0.29) is 5.91 Å². The maximum atomic E-state index is 12.5. The van der Waals surface area contributed by atoms with Gasteiger partial charge in [0.1, 0.15) is 0 Å². The largest absolute Gasteiger partial charge is 0.379 e. The number of carbonyl (C=O) groups excluding carboxylic acids is 1. The molecular formula is C23H22N4O2. The molecule has 0 aliphatic carbocycles. The lowest BCUT2D eigenvalue weighted by Gasteiger charge is -2.26. The van der Waals surface area contributed by atoms with Gasteiger partial charge in [-0.15, -0.1) is 0 Å². The number of nitrogens with one attached hydrogen (secondary N) is 2. The number of aromatic nitrogens is 1. The van der Waals surface area contributed by atoms with Gasteiger partial charge in [-0.3, -0.25) is 14.7 Å². The predicted molar refractivity (Wildman–Crippen MR) is 115 cm³/mol. The number of ether oxygens (including phenoxy) is 1. The van der Waals surface area contributed by atoms with E-state index in [1.807, 2.05) is 36.4 Å². The van der Waals surface area contributed by atoms with Crippen LogP contribution >= 0.6 is 0 Å². The summed E-state index contributed by atoms with van der Waals surface area (Å²) in [5.74, 6) is -0.104. The maximum Gasteiger partial charge on any atom is 0.257 e. The Bertz CT molecular complexity index is 1090. The number of pyridine rings is 1. The highest BCUT2D eigenvalue weighted by Gasteiger charge is 2.26. The Balaban J connectivity index is 1.35. The summed E-state index contributed by atoms with van der Waals surface area (Å²) < 4.78 is 5.40. The molecule has 29 heavy (non-hydrogen) atoms. The zero-order valence-corrected chi connectivity index (χ0v) is 16.0. The van der Waals surface area contributed by atoms with Gasteiger partial charge in [0.05, 0.1) is 24.3 Å². The van der Waals surface area contributed by atoms with E-state index in [0.29, 0.717) is 5.57 Å². The summed E-state index contributed by atoms with van der Waals surface area (Å²) >= 11 is 0. The number of anilines is 2. The minimum absolute atomic E-state index is 0.104. The van der Waals surface area contributed by atoms with Crippen LogP contribution in [0.15, 0.2) is 60.9 Å². The Kier molecular flexibility index (Phi) is 4.71. The number of amides is 1. The summed E-state index contributed by atoms with van der Waals surface area (Å²) in [6.07, 6.45) is 3.55. The second-order valence-corrected chi connectivity index (χ2v) is 7.30. The fourth-order valence-electron chi connectivity index (χ4n) is 3.87. The molecule has 0 unspecified atom stereocenters. The molecule has 0 saturated carbocycles. The van der Waals surface area contributed by atoms with Crippen LogP contribution in [0.2, 0.25) is 0 Å². The molecule has 0 atom stereocenters. The van der Waals surface area contributed by atoms with Gasteiger partial charge in [0.15, 0.2) is 0 Å². The zero-order valence-electron chi connectivity index (χ0n) is 16.0. The molecule has 1 saturated heterocycles. The first-order valence-electron chi connectivity index (χ1n) is 9.83. The molecule has 0 radical (unpaired) electrons. The molecule has 1 aromatic heterocycles. The average molecular weight is 386 g/mol. The number of morpholine rings is 1. The summed E-state index contributed by atoms with van der Waals surface area (Å²) in [7, 11) is 0. The SMILES string of the molecule is O=C1Nc2ccc3ncccc3c2/C1=C/Nc1ccc(CN2CCOCC2)cc1. The number of benzene rings is 2. The van der Waals surface area contributed by atoms with Crippen molar-refractivity contribution in [1.29, 1.82) is 0 Å². The highest BCUT2D eigenvalue weighted by atomic mass is 16.5. The first-order valence-corrected chi connectivity index (χ1v) is 9.83. The predicted octanol–water partition coefficient (Wildman–Crippen LogP) is 3.47. The molecule has 5 rings (SSSR count). The third-order valence-corrected chi connectivity index (χ3v) is 5.39. The van der Waals surface area contributed by atoms with Gasteiger partial charge in [-0.25, -0.2) is 0 Å². The Morgan fingerprint density at radius 3 is 2.76 bits per heavy atom. The third-order valence-electron chi connectivity index (χ3n) is 5.39. The van der Waals surface area contributed by atoms with E-state index in [0.717, 1.165) is 60.7 Å². The van der Waals surface area contributed by atoms with Crippen LogP contribution in [0.25, 0.3) is 16.5 Å². The minimum Gasteiger partial charge on any atom is -0.379 e. The van der Waals surface area contributed by atoms with Crippen molar-refractivity contribution >= 4 is 33.8 Å². The van der Waals surface area contributed by atoms with E-state index in [2.05, 4.69) is 32.7 Å². The van der Waals surface area contributed by atoms with Gasteiger partial charge in [-0.2, -0.15) is 0 Å². The molecule has 1 amide bonds. The Morgan fingerprint density at radius 1 is 1.10 bits per heavy atom. The smallest absolute Gasteiger partial charge is 0.257 e. The summed E-state index contributed by atoms with van der Waals surface area (Å²) in [5.41, 5.74) is 5.44. The minimum atomic E-state index is -0.104. The van der Waals surface area contributed by atoms with Gasteiger partial charge >= 0.3 is 0 Å². The van der Waals surface area contributed by atoms with E-state index in [9.17, 15) is 4.79 Å². The molecule has 0 spiro atoms. The van der Waals surface area contributed by atoms with Crippen molar-refractivity contribution in [2.45, 2.75) is 6.54 Å². The first kappa shape index (κ1) is 17.8. The normalized spacial score (nSPS) is 18.1. The number of rotatable bonds is 4. The molecule has 2 aliphatic heterocycles. The van der Waals surface area contributed by atoms with E-state index in [1.165, 1.54) is 5.56 Å². The Morgan fingerprint density at radius 2 is 1.93 bits per heavy atom. The van der Waals surface area contributed by atoms with Crippen molar-refractivity contribution in [3.05, 3.63) is 72.1 Å². The second-order valence-electron chi connectivity index (χ2n) is 7.30. The Hall–Kier alpha value is -3.22. The van der Waals surface area contributed by atoms with Crippen molar-refractivity contribution in [2.24, 2.45) is 0 Å². The van der Waals surface area contributed by atoms with Crippen LogP contribution in [0, 0.1) is 0 Å². The van der Waals surface area contributed by atoms with Crippen molar-refractivity contribution in [1.82, 2.24) is 9.88 Å². The zero-order chi connectivity index (χ0) is 19.6. The van der Waals surface area contributed by atoms with E-state index in [4.69, 9.17) is 4.74 Å². The monoisotopic (exact) mass is 386 g/mol. The van der Waals surface area contributed by atoms with Crippen molar-refractivity contribution in [3.8, 4) is 0 Å². The number of hydrogen-bond donors (Lipinski definition) is 2. The highest BCUT2D eigenvalue weighted by Crippen LogP contribution is 2.37. The molecule has 3 aromatic rings. The number of nitrogens with zero attached hydrogens (tertiary/aromatic N) is 2. The number of fused-ring (bicyclic) bond motifs is 3. The van der Waals surface area contributed by atoms with Crippen molar-refractivity contribution in [3.63, 3.8) is 0 Å². The van der Waals surface area contributed by atoms with Crippen LogP contribution in [-0.4, -0.2) is 42.1 Å². The summed E-state index contributed by atoms with van der Waals surface area (Å²) in [6, 6.07) is 16.1. The van der Waals surface area contributed by atoms with Gasteiger partial charge in [-0.1, -0.05) is 18.2 Å².